The van der Waals surface area contributed by atoms with E-state index in [1.807, 2.05) is 39.0 Å². The molecule has 0 atom stereocenters. The number of aromatic nitrogens is 3. The summed E-state index contributed by atoms with van der Waals surface area (Å²) in [4.78, 5) is 29.9. The van der Waals surface area contributed by atoms with Crippen molar-refractivity contribution in [1.29, 1.82) is 0 Å². The first-order chi connectivity index (χ1) is 19.6. The largest absolute Gasteiger partial charge is 0.453 e. The van der Waals surface area contributed by atoms with E-state index in [0.29, 0.717) is 44.7 Å². The maximum absolute atomic E-state index is 15.3. The van der Waals surface area contributed by atoms with E-state index in [1.54, 1.807) is 72.7 Å². The van der Waals surface area contributed by atoms with Crippen molar-refractivity contribution in [2.24, 2.45) is 0 Å². The molecule has 0 aliphatic rings. The third-order valence-corrected chi connectivity index (χ3v) is 6.41. The van der Waals surface area contributed by atoms with Crippen LogP contribution < -0.4 is 15.4 Å². The molecule has 9 heteroatoms. The van der Waals surface area contributed by atoms with Gasteiger partial charge in [-0.3, -0.25) is 19.3 Å². The molecular formula is C32H30FN5O3. The first kappa shape index (κ1) is 27.5. The number of aryl methyl sites for hydroxylation is 1. The molecule has 0 fully saturated rings. The van der Waals surface area contributed by atoms with Crippen molar-refractivity contribution in [2.45, 2.75) is 39.7 Å². The molecule has 0 unspecified atom stereocenters. The third kappa shape index (κ3) is 6.41. The smallest absolute Gasteiger partial charge is 0.255 e. The summed E-state index contributed by atoms with van der Waals surface area (Å²) >= 11 is 0. The fraction of sp³-hybridized carbons (Fsp3) is 0.188. The van der Waals surface area contributed by atoms with Gasteiger partial charge in [0.1, 0.15) is 5.75 Å². The lowest BCUT2D eigenvalue weighted by Gasteiger charge is -2.18. The summed E-state index contributed by atoms with van der Waals surface area (Å²) in [6, 6.07) is 18.8. The van der Waals surface area contributed by atoms with Crippen LogP contribution in [0.4, 0.5) is 15.8 Å². The lowest BCUT2D eigenvalue weighted by molar-refractivity contribution is -0.115. The van der Waals surface area contributed by atoms with Crippen molar-refractivity contribution in [1.82, 2.24) is 14.8 Å². The lowest BCUT2D eigenvalue weighted by Crippen LogP contribution is -2.22. The van der Waals surface area contributed by atoms with E-state index in [0.717, 1.165) is 0 Å². The lowest BCUT2D eigenvalue weighted by atomic mass is 10.1. The van der Waals surface area contributed by atoms with Crippen LogP contribution >= 0.6 is 0 Å². The first-order valence-electron chi connectivity index (χ1n) is 13.1. The van der Waals surface area contributed by atoms with E-state index in [-0.39, 0.29) is 29.5 Å². The molecule has 2 aromatic heterocycles. The molecule has 0 spiro atoms. The number of nitrogens with one attached hydrogen (secondary N) is 2. The van der Waals surface area contributed by atoms with Crippen molar-refractivity contribution in [3.8, 4) is 11.5 Å². The summed E-state index contributed by atoms with van der Waals surface area (Å²) in [6.45, 7) is 7.75. The molecule has 2 N–H and O–H groups in total. The molecule has 0 aliphatic heterocycles. The van der Waals surface area contributed by atoms with E-state index in [1.165, 1.54) is 6.07 Å². The Hall–Kier alpha value is -5.05. The highest BCUT2D eigenvalue weighted by Gasteiger charge is 2.18. The van der Waals surface area contributed by atoms with Gasteiger partial charge in [-0.15, -0.1) is 0 Å². The number of rotatable bonds is 7. The number of anilines is 2. The predicted octanol–water partition coefficient (Wildman–Crippen LogP) is 6.86. The van der Waals surface area contributed by atoms with Gasteiger partial charge < -0.3 is 15.4 Å². The number of pyridine rings is 1. The maximum Gasteiger partial charge on any atom is 0.255 e. The number of amides is 2. The van der Waals surface area contributed by atoms with Crippen LogP contribution in [0, 0.1) is 12.7 Å². The number of fused-ring (bicyclic) bond motifs is 1. The summed E-state index contributed by atoms with van der Waals surface area (Å²) in [7, 11) is 0. The number of ether oxygens (including phenoxy) is 1. The van der Waals surface area contributed by atoms with Gasteiger partial charge in [0.15, 0.2) is 11.6 Å². The van der Waals surface area contributed by atoms with Gasteiger partial charge >= 0.3 is 0 Å². The normalized spacial score (nSPS) is 11.3. The van der Waals surface area contributed by atoms with Gasteiger partial charge in [0.2, 0.25) is 5.91 Å². The topological polar surface area (TPSA) is 98.1 Å². The number of hydrogen-bond donors (Lipinski definition) is 2. The molecule has 0 aliphatic carbocycles. The van der Waals surface area contributed by atoms with E-state index in [4.69, 9.17) is 4.74 Å². The van der Waals surface area contributed by atoms with Gasteiger partial charge in [0, 0.05) is 29.0 Å². The Labute approximate surface area is 237 Å². The molecule has 2 amide bonds. The number of carbonyl (C=O) groups is 2. The fourth-order valence-electron chi connectivity index (χ4n) is 4.36. The van der Waals surface area contributed by atoms with Crippen molar-refractivity contribution in [3.63, 3.8) is 0 Å². The number of carbonyl (C=O) groups excluding carboxylic acids is 2. The average molecular weight is 552 g/mol. The van der Waals surface area contributed by atoms with Crippen LogP contribution in [0.1, 0.15) is 42.3 Å². The second-order valence-corrected chi connectivity index (χ2v) is 10.8. The molecule has 2 heterocycles. The maximum atomic E-state index is 15.3. The molecule has 0 saturated heterocycles. The molecule has 8 nitrogen and oxygen atoms in total. The minimum Gasteiger partial charge on any atom is -0.453 e. The number of para-hydroxylation sites is 1. The Kier molecular flexibility index (Phi) is 7.52. The first-order valence-corrected chi connectivity index (χ1v) is 13.1. The van der Waals surface area contributed by atoms with Crippen LogP contribution in [0.3, 0.4) is 0 Å². The summed E-state index contributed by atoms with van der Waals surface area (Å²) in [5.41, 5.74) is 3.07. The van der Waals surface area contributed by atoms with Crippen molar-refractivity contribution >= 4 is 34.1 Å². The summed E-state index contributed by atoms with van der Waals surface area (Å²) in [6.07, 6.45) is 4.89. The average Bonchev–Trinajstić information content (AvgIpc) is 3.40. The van der Waals surface area contributed by atoms with Crippen molar-refractivity contribution in [3.05, 3.63) is 108 Å². The second-order valence-electron chi connectivity index (χ2n) is 10.8. The van der Waals surface area contributed by atoms with Crippen LogP contribution in [0.15, 0.2) is 85.3 Å². The summed E-state index contributed by atoms with van der Waals surface area (Å²) < 4.78 is 23.1. The Balaban J connectivity index is 1.33. The summed E-state index contributed by atoms with van der Waals surface area (Å²) in [5.74, 6) is -0.785. The summed E-state index contributed by atoms with van der Waals surface area (Å²) in [5, 5.41) is 10.5. The molecule has 3 aromatic carbocycles. The number of nitrogens with zero attached hydrogens (tertiary/aromatic N) is 3. The predicted molar refractivity (Wildman–Crippen MR) is 157 cm³/mol. The number of hydrogen-bond acceptors (Lipinski definition) is 5. The Morgan fingerprint density at radius 3 is 2.46 bits per heavy atom. The van der Waals surface area contributed by atoms with Crippen molar-refractivity contribution in [2.75, 3.05) is 10.6 Å². The Bertz CT molecular complexity index is 1720. The molecule has 5 rings (SSSR count). The monoisotopic (exact) mass is 551 g/mol. The van der Waals surface area contributed by atoms with E-state index in [2.05, 4.69) is 20.7 Å². The highest BCUT2D eigenvalue weighted by atomic mass is 19.1. The zero-order chi connectivity index (χ0) is 29.1. The molecule has 0 radical (unpaired) electrons. The molecule has 5 aromatic rings. The van der Waals surface area contributed by atoms with Crippen LogP contribution in [0.5, 0.6) is 11.5 Å². The highest BCUT2D eigenvalue weighted by Crippen LogP contribution is 2.34. The molecule has 0 saturated carbocycles. The van der Waals surface area contributed by atoms with Crippen LogP contribution in [0.2, 0.25) is 0 Å². The fourth-order valence-corrected chi connectivity index (χ4v) is 4.36. The quantitative estimate of drug-likeness (QED) is 0.230. The van der Waals surface area contributed by atoms with Gasteiger partial charge in [-0.1, -0.05) is 24.3 Å². The van der Waals surface area contributed by atoms with Crippen molar-refractivity contribution < 1.29 is 18.7 Å². The van der Waals surface area contributed by atoms with Crippen LogP contribution in [0.25, 0.3) is 10.9 Å². The van der Waals surface area contributed by atoms with E-state index in [9.17, 15) is 9.59 Å². The van der Waals surface area contributed by atoms with Gasteiger partial charge in [-0.2, -0.15) is 5.10 Å². The molecule has 0 bridgehead atoms. The molecule has 208 valence electrons. The standard InChI is InChI=1S/C32H30FN5O3/c1-20-14-21(16-29(39)36-24-18-35-38(19-24)32(2,3)4)15-26(33)30(20)41-28-12-13-34-27-11-10-22(17-25(27)28)31(40)37-23-8-6-5-7-9-23/h5-15,17-19H,16H2,1-4H3,(H,36,39)(H,37,40). The van der Waals surface area contributed by atoms with Gasteiger partial charge in [-0.25, -0.2) is 4.39 Å². The van der Waals surface area contributed by atoms with E-state index >= 15 is 4.39 Å². The minimum absolute atomic E-state index is 0.0171. The third-order valence-electron chi connectivity index (χ3n) is 6.41. The van der Waals surface area contributed by atoms with Crippen LogP contribution in [-0.2, 0) is 16.8 Å². The van der Waals surface area contributed by atoms with E-state index < -0.39 is 5.82 Å². The minimum atomic E-state index is -0.601. The Morgan fingerprint density at radius 1 is 0.976 bits per heavy atom. The zero-order valence-corrected chi connectivity index (χ0v) is 23.2. The highest BCUT2D eigenvalue weighted by molar-refractivity contribution is 6.06. The molecule has 41 heavy (non-hydrogen) atoms. The number of benzene rings is 3. The van der Waals surface area contributed by atoms with Gasteiger partial charge in [0.25, 0.3) is 5.91 Å². The second kappa shape index (κ2) is 11.2. The molecular weight excluding hydrogens is 521 g/mol. The van der Waals surface area contributed by atoms with Crippen LogP contribution in [-0.4, -0.2) is 26.6 Å². The Morgan fingerprint density at radius 2 is 1.76 bits per heavy atom. The van der Waals surface area contributed by atoms with Gasteiger partial charge in [-0.05, 0) is 81.3 Å². The van der Waals surface area contributed by atoms with Gasteiger partial charge in [0.05, 0.1) is 29.4 Å². The zero-order valence-electron chi connectivity index (χ0n) is 23.2. The SMILES string of the molecule is Cc1cc(CC(=O)Nc2cnn(C(C)(C)C)c2)cc(F)c1Oc1ccnc2ccc(C(=O)Nc3ccccc3)cc12. The number of halogens is 1.